The number of nitriles is 1. The molecule has 1 aliphatic carbocycles. The monoisotopic (exact) mass is 314 g/mol. The number of hydrogen-bond acceptors (Lipinski definition) is 3. The summed E-state index contributed by atoms with van der Waals surface area (Å²) in [5.74, 6) is 0.0729. The minimum atomic E-state index is -0.768. The van der Waals surface area contributed by atoms with Crippen LogP contribution in [-0.4, -0.2) is 33.2 Å². The smallest absolute Gasteiger partial charge is 0.243 e. The van der Waals surface area contributed by atoms with Crippen LogP contribution in [0, 0.1) is 30.6 Å². The molecule has 2 heterocycles. The van der Waals surface area contributed by atoms with Crippen LogP contribution in [0.2, 0.25) is 0 Å². The summed E-state index contributed by atoms with van der Waals surface area (Å²) in [5, 5.41) is 14.2. The summed E-state index contributed by atoms with van der Waals surface area (Å²) in [7, 11) is 0. The number of carbonyl (C=O) groups is 1. The summed E-state index contributed by atoms with van der Waals surface area (Å²) >= 11 is 0. The Morgan fingerprint density at radius 1 is 1.35 bits per heavy atom. The standard InChI is InChI=1S/C18H26N4O/c1-14-11-15(2)22(20-14)12-16-7-6-10-21(16)17(23)18(13-19)8-4-3-5-9-18/h11,16H,3-10,12H2,1-2H3/t16-/m0/s1. The fraction of sp³-hybridized carbons (Fsp3) is 0.722. The van der Waals surface area contributed by atoms with E-state index >= 15 is 0 Å². The molecule has 23 heavy (non-hydrogen) atoms. The van der Waals surface area contributed by atoms with Crippen molar-refractivity contribution >= 4 is 5.91 Å². The zero-order chi connectivity index (χ0) is 16.4. The number of aryl methyl sites for hydroxylation is 2. The second-order valence-corrected chi connectivity index (χ2v) is 7.16. The van der Waals surface area contributed by atoms with Crippen molar-refractivity contribution in [2.75, 3.05) is 6.54 Å². The van der Waals surface area contributed by atoms with E-state index in [-0.39, 0.29) is 11.9 Å². The maximum atomic E-state index is 13.1. The molecule has 1 aromatic rings. The number of carbonyl (C=O) groups excluding carboxylic acids is 1. The normalized spacial score (nSPS) is 23.7. The Morgan fingerprint density at radius 2 is 2.09 bits per heavy atom. The summed E-state index contributed by atoms with van der Waals surface area (Å²) in [5.41, 5.74) is 1.38. The van der Waals surface area contributed by atoms with Crippen molar-refractivity contribution in [1.29, 1.82) is 5.26 Å². The summed E-state index contributed by atoms with van der Waals surface area (Å²) in [4.78, 5) is 15.1. The molecular formula is C18H26N4O. The molecule has 5 heteroatoms. The van der Waals surface area contributed by atoms with Crippen molar-refractivity contribution < 1.29 is 4.79 Å². The molecule has 5 nitrogen and oxygen atoms in total. The zero-order valence-electron chi connectivity index (χ0n) is 14.2. The van der Waals surface area contributed by atoms with Crippen molar-refractivity contribution in [2.45, 2.75) is 71.4 Å². The van der Waals surface area contributed by atoms with Crippen molar-refractivity contribution in [2.24, 2.45) is 5.41 Å². The van der Waals surface area contributed by atoms with Gasteiger partial charge in [-0.05, 0) is 45.6 Å². The third-order valence-electron chi connectivity index (χ3n) is 5.46. The first-order valence-electron chi connectivity index (χ1n) is 8.79. The van der Waals surface area contributed by atoms with E-state index in [0.29, 0.717) is 0 Å². The van der Waals surface area contributed by atoms with Gasteiger partial charge in [0.2, 0.25) is 5.91 Å². The van der Waals surface area contributed by atoms with Crippen LogP contribution in [0.3, 0.4) is 0 Å². The first kappa shape index (κ1) is 16.0. The fourth-order valence-corrected chi connectivity index (χ4v) is 4.16. The summed E-state index contributed by atoms with van der Waals surface area (Å²) < 4.78 is 2.01. The maximum Gasteiger partial charge on any atom is 0.243 e. The molecule has 2 aliphatic rings. The average Bonchev–Trinajstić information content (AvgIpc) is 3.14. The average molecular weight is 314 g/mol. The van der Waals surface area contributed by atoms with Gasteiger partial charge in [0.25, 0.3) is 0 Å². The molecule has 0 N–H and O–H groups in total. The van der Waals surface area contributed by atoms with E-state index in [9.17, 15) is 10.1 Å². The highest BCUT2D eigenvalue weighted by atomic mass is 16.2. The van der Waals surface area contributed by atoms with Gasteiger partial charge >= 0.3 is 0 Å². The maximum absolute atomic E-state index is 13.1. The predicted molar refractivity (Wildman–Crippen MR) is 87.6 cm³/mol. The number of nitrogens with zero attached hydrogens (tertiary/aromatic N) is 4. The lowest BCUT2D eigenvalue weighted by Gasteiger charge is -2.35. The van der Waals surface area contributed by atoms with Gasteiger partial charge in [0.05, 0.1) is 24.3 Å². The van der Waals surface area contributed by atoms with Crippen LogP contribution in [-0.2, 0) is 11.3 Å². The molecule has 0 radical (unpaired) electrons. The first-order chi connectivity index (χ1) is 11.1. The van der Waals surface area contributed by atoms with Gasteiger partial charge in [-0.2, -0.15) is 10.4 Å². The van der Waals surface area contributed by atoms with Crippen LogP contribution in [0.4, 0.5) is 0 Å². The lowest BCUT2D eigenvalue weighted by atomic mass is 9.74. The van der Waals surface area contributed by atoms with Crippen LogP contribution >= 0.6 is 0 Å². The van der Waals surface area contributed by atoms with E-state index < -0.39 is 5.41 Å². The van der Waals surface area contributed by atoms with Gasteiger partial charge in [-0.1, -0.05) is 19.3 Å². The van der Waals surface area contributed by atoms with Crippen molar-refractivity contribution in [1.82, 2.24) is 14.7 Å². The summed E-state index contributed by atoms with van der Waals surface area (Å²) in [6.45, 7) is 5.58. The Morgan fingerprint density at radius 3 is 2.70 bits per heavy atom. The highest BCUT2D eigenvalue weighted by Crippen LogP contribution is 2.39. The van der Waals surface area contributed by atoms with E-state index in [1.165, 1.54) is 0 Å². The van der Waals surface area contributed by atoms with Gasteiger partial charge in [0.15, 0.2) is 0 Å². The van der Waals surface area contributed by atoms with Gasteiger partial charge in [-0.25, -0.2) is 0 Å². The molecule has 0 aromatic carbocycles. The molecule has 0 bridgehead atoms. The van der Waals surface area contributed by atoms with Gasteiger partial charge in [0.1, 0.15) is 5.41 Å². The lowest BCUT2D eigenvalue weighted by Crippen LogP contribution is -2.47. The topological polar surface area (TPSA) is 61.9 Å². The third kappa shape index (κ3) is 2.99. The largest absolute Gasteiger partial charge is 0.336 e. The Hall–Kier alpha value is -1.83. The quantitative estimate of drug-likeness (QED) is 0.861. The van der Waals surface area contributed by atoms with E-state index in [1.54, 1.807) is 0 Å². The first-order valence-corrected chi connectivity index (χ1v) is 8.79. The van der Waals surface area contributed by atoms with Crippen molar-refractivity contribution in [3.8, 4) is 6.07 Å². The minimum Gasteiger partial charge on any atom is -0.336 e. The van der Waals surface area contributed by atoms with Crippen molar-refractivity contribution in [3.05, 3.63) is 17.5 Å². The Bertz CT molecular complexity index is 621. The lowest BCUT2D eigenvalue weighted by molar-refractivity contribution is -0.141. The van der Waals surface area contributed by atoms with E-state index in [0.717, 1.165) is 69.4 Å². The molecule has 1 aliphatic heterocycles. The molecular weight excluding hydrogens is 288 g/mol. The second kappa shape index (κ2) is 6.35. The van der Waals surface area contributed by atoms with Gasteiger partial charge in [0, 0.05) is 12.2 Å². The van der Waals surface area contributed by atoms with Crippen LogP contribution < -0.4 is 0 Å². The van der Waals surface area contributed by atoms with Gasteiger partial charge in [-0.15, -0.1) is 0 Å². The molecule has 3 rings (SSSR count). The molecule has 1 saturated heterocycles. The number of likely N-dealkylation sites (tertiary alicyclic amines) is 1. The summed E-state index contributed by atoms with van der Waals surface area (Å²) in [6.07, 6.45) is 6.62. The van der Waals surface area contributed by atoms with E-state index in [1.807, 2.05) is 16.5 Å². The van der Waals surface area contributed by atoms with Crippen LogP contribution in [0.5, 0.6) is 0 Å². The Kier molecular flexibility index (Phi) is 4.43. The molecule has 1 aromatic heterocycles. The zero-order valence-corrected chi connectivity index (χ0v) is 14.2. The van der Waals surface area contributed by atoms with Crippen LogP contribution in [0.1, 0.15) is 56.3 Å². The molecule has 0 unspecified atom stereocenters. The van der Waals surface area contributed by atoms with Crippen LogP contribution in [0.25, 0.3) is 0 Å². The molecule has 1 saturated carbocycles. The van der Waals surface area contributed by atoms with Gasteiger partial charge < -0.3 is 4.90 Å². The number of rotatable bonds is 3. The SMILES string of the molecule is Cc1cc(C)n(C[C@@H]2CCCN2C(=O)C2(C#N)CCCCC2)n1. The fourth-order valence-electron chi connectivity index (χ4n) is 4.16. The van der Waals surface area contributed by atoms with Gasteiger partial charge in [-0.3, -0.25) is 9.48 Å². The Balaban J connectivity index is 1.77. The highest BCUT2D eigenvalue weighted by molar-refractivity contribution is 5.86. The van der Waals surface area contributed by atoms with E-state index in [2.05, 4.69) is 24.2 Å². The molecule has 0 spiro atoms. The molecule has 2 fully saturated rings. The van der Waals surface area contributed by atoms with E-state index in [4.69, 9.17) is 0 Å². The molecule has 1 atom stereocenters. The number of hydrogen-bond donors (Lipinski definition) is 0. The number of amides is 1. The second-order valence-electron chi connectivity index (χ2n) is 7.16. The Labute approximate surface area is 138 Å². The van der Waals surface area contributed by atoms with Crippen LogP contribution in [0.15, 0.2) is 6.07 Å². The molecule has 1 amide bonds. The number of aromatic nitrogens is 2. The third-order valence-corrected chi connectivity index (χ3v) is 5.46. The molecule has 124 valence electrons. The minimum absolute atomic E-state index is 0.0729. The highest BCUT2D eigenvalue weighted by Gasteiger charge is 2.45. The summed E-state index contributed by atoms with van der Waals surface area (Å²) in [6, 6.07) is 4.62. The van der Waals surface area contributed by atoms with Crippen molar-refractivity contribution in [3.63, 3.8) is 0 Å². The predicted octanol–water partition coefficient (Wildman–Crippen LogP) is 2.97.